The lowest BCUT2D eigenvalue weighted by molar-refractivity contribution is -0.137. The molecule has 5 nitrogen and oxygen atoms in total. The number of carbonyl (C=O) groups is 1. The summed E-state index contributed by atoms with van der Waals surface area (Å²) in [5.41, 5.74) is 2.46. The number of benzene rings is 3. The number of hydrogen-bond donors (Lipinski definition) is 2. The van der Waals surface area contributed by atoms with E-state index < -0.39 is 17.6 Å². The van der Waals surface area contributed by atoms with Gasteiger partial charge in [0, 0.05) is 5.56 Å². The van der Waals surface area contributed by atoms with Gasteiger partial charge < -0.3 is 9.84 Å². The number of nitrogens with one attached hydrogen (secondary N) is 1. The Morgan fingerprint density at radius 1 is 1.00 bits per heavy atom. The van der Waals surface area contributed by atoms with Crippen LogP contribution in [0.1, 0.15) is 21.5 Å². The second kappa shape index (κ2) is 9.52. The van der Waals surface area contributed by atoms with E-state index >= 15 is 0 Å². The fourth-order valence-electron chi connectivity index (χ4n) is 2.44. The molecule has 0 aromatic heterocycles. The van der Waals surface area contributed by atoms with Crippen LogP contribution < -0.4 is 10.2 Å². The highest BCUT2D eigenvalue weighted by atomic mass is 79.9. The molecule has 0 saturated carbocycles. The quantitative estimate of drug-likeness (QED) is 0.278. The SMILES string of the molecule is O=C(N/N=C/c1cc(Br)c(O)c(Br)c1)c1cccc(Oc2ccc(C(F)(F)F)cc2)c1. The first-order chi connectivity index (χ1) is 14.6. The topological polar surface area (TPSA) is 70.9 Å². The number of amides is 1. The molecule has 0 aliphatic carbocycles. The van der Waals surface area contributed by atoms with Crippen molar-refractivity contribution in [2.45, 2.75) is 6.18 Å². The van der Waals surface area contributed by atoms with E-state index in [9.17, 15) is 23.1 Å². The van der Waals surface area contributed by atoms with E-state index in [1.165, 1.54) is 30.5 Å². The van der Waals surface area contributed by atoms with Crippen LogP contribution in [0.25, 0.3) is 0 Å². The number of rotatable bonds is 5. The molecule has 0 saturated heterocycles. The van der Waals surface area contributed by atoms with Crippen molar-refractivity contribution in [2.75, 3.05) is 0 Å². The van der Waals surface area contributed by atoms with E-state index in [0.29, 0.717) is 14.5 Å². The summed E-state index contributed by atoms with van der Waals surface area (Å²) in [7, 11) is 0. The third-order valence-corrected chi connectivity index (χ3v) is 5.14. The first kappa shape index (κ1) is 22.8. The molecule has 1 amide bonds. The number of alkyl halides is 3. The van der Waals surface area contributed by atoms with E-state index in [-0.39, 0.29) is 22.8 Å². The highest BCUT2D eigenvalue weighted by Crippen LogP contribution is 2.33. The predicted molar refractivity (Wildman–Crippen MR) is 117 cm³/mol. The molecule has 31 heavy (non-hydrogen) atoms. The summed E-state index contributed by atoms with van der Waals surface area (Å²) in [5, 5.41) is 13.6. The van der Waals surface area contributed by atoms with Gasteiger partial charge in [-0.25, -0.2) is 5.43 Å². The standard InChI is InChI=1S/C21H13Br2F3N2O3/c22-17-8-12(9-18(23)19(17)29)11-27-28-20(30)13-2-1-3-16(10-13)31-15-6-4-14(5-7-15)21(24,25)26/h1-11,29H,(H,28,30)/b27-11+. The maximum atomic E-state index is 12.6. The molecule has 160 valence electrons. The lowest BCUT2D eigenvalue weighted by Crippen LogP contribution is -2.17. The summed E-state index contributed by atoms with van der Waals surface area (Å²) in [6.07, 6.45) is -3.03. The molecule has 2 N–H and O–H groups in total. The van der Waals surface area contributed by atoms with Crippen LogP contribution in [0.5, 0.6) is 17.2 Å². The third kappa shape index (κ3) is 6.08. The number of aromatic hydroxyl groups is 1. The predicted octanol–water partition coefficient (Wildman–Crippen LogP) is 6.49. The minimum absolute atomic E-state index is 0.0473. The fourth-order valence-corrected chi connectivity index (χ4v) is 3.66. The minimum Gasteiger partial charge on any atom is -0.506 e. The third-order valence-electron chi connectivity index (χ3n) is 3.93. The van der Waals surface area contributed by atoms with E-state index in [1.54, 1.807) is 24.3 Å². The van der Waals surface area contributed by atoms with Gasteiger partial charge in [-0.05, 0) is 92.0 Å². The molecule has 0 radical (unpaired) electrons. The van der Waals surface area contributed by atoms with Gasteiger partial charge in [0.25, 0.3) is 5.91 Å². The number of phenolic OH excluding ortho intramolecular Hbond substituents is 1. The number of nitrogens with zero attached hydrogens (tertiary/aromatic N) is 1. The molecular weight excluding hydrogens is 545 g/mol. The summed E-state index contributed by atoms with van der Waals surface area (Å²) in [4.78, 5) is 12.3. The number of halogens is 5. The molecule has 0 fully saturated rings. The van der Waals surface area contributed by atoms with Gasteiger partial charge in [-0.2, -0.15) is 18.3 Å². The fraction of sp³-hybridized carbons (Fsp3) is 0.0476. The zero-order valence-electron chi connectivity index (χ0n) is 15.5. The van der Waals surface area contributed by atoms with Gasteiger partial charge in [-0.15, -0.1) is 0 Å². The van der Waals surface area contributed by atoms with Crippen molar-refractivity contribution < 1.29 is 27.8 Å². The Bertz CT molecular complexity index is 1110. The van der Waals surface area contributed by atoms with Gasteiger partial charge in [0.2, 0.25) is 0 Å². The van der Waals surface area contributed by atoms with Crippen LogP contribution in [0.15, 0.2) is 74.7 Å². The van der Waals surface area contributed by atoms with Crippen LogP contribution in [0, 0.1) is 0 Å². The van der Waals surface area contributed by atoms with Gasteiger partial charge in [0.05, 0.1) is 20.7 Å². The van der Waals surface area contributed by atoms with Crippen molar-refractivity contribution in [1.29, 1.82) is 0 Å². The molecular formula is C21H13Br2F3N2O3. The van der Waals surface area contributed by atoms with Crippen molar-refractivity contribution in [1.82, 2.24) is 5.43 Å². The zero-order valence-corrected chi connectivity index (χ0v) is 18.6. The van der Waals surface area contributed by atoms with Gasteiger partial charge in [0.1, 0.15) is 17.2 Å². The highest BCUT2D eigenvalue weighted by molar-refractivity contribution is 9.11. The van der Waals surface area contributed by atoms with Crippen molar-refractivity contribution >= 4 is 44.0 Å². The number of hydrazone groups is 1. The molecule has 3 rings (SSSR count). The number of carbonyl (C=O) groups excluding carboxylic acids is 1. The van der Waals surface area contributed by atoms with E-state index in [4.69, 9.17) is 4.74 Å². The molecule has 0 aliphatic heterocycles. The Morgan fingerprint density at radius 2 is 1.65 bits per heavy atom. The van der Waals surface area contributed by atoms with Crippen molar-refractivity contribution in [3.05, 3.63) is 86.3 Å². The summed E-state index contributed by atoms with van der Waals surface area (Å²) in [6.45, 7) is 0. The van der Waals surface area contributed by atoms with Gasteiger partial charge in [-0.1, -0.05) is 6.07 Å². The summed E-state index contributed by atoms with van der Waals surface area (Å²) in [6, 6.07) is 13.6. The van der Waals surface area contributed by atoms with Gasteiger partial charge in [0.15, 0.2) is 0 Å². The molecule has 0 atom stereocenters. The Labute approximate surface area is 191 Å². The molecule has 0 bridgehead atoms. The average molecular weight is 558 g/mol. The second-order valence-corrected chi connectivity index (χ2v) is 7.89. The second-order valence-electron chi connectivity index (χ2n) is 6.18. The molecule has 0 heterocycles. The van der Waals surface area contributed by atoms with Gasteiger partial charge in [-0.3, -0.25) is 4.79 Å². The monoisotopic (exact) mass is 556 g/mol. The maximum absolute atomic E-state index is 12.6. The Morgan fingerprint density at radius 3 is 2.26 bits per heavy atom. The van der Waals surface area contributed by atoms with Crippen LogP contribution in [0.2, 0.25) is 0 Å². The van der Waals surface area contributed by atoms with Crippen LogP contribution in [0.3, 0.4) is 0 Å². The Balaban J connectivity index is 1.66. The molecule has 0 spiro atoms. The number of phenols is 1. The first-order valence-electron chi connectivity index (χ1n) is 8.60. The Hall–Kier alpha value is -2.85. The molecule has 0 aliphatic rings. The molecule has 3 aromatic rings. The number of hydrogen-bond acceptors (Lipinski definition) is 4. The molecule has 10 heteroatoms. The summed E-state index contributed by atoms with van der Waals surface area (Å²) in [5.74, 6) is 0.0203. The summed E-state index contributed by atoms with van der Waals surface area (Å²) >= 11 is 6.41. The number of ether oxygens (including phenoxy) is 1. The first-order valence-corrected chi connectivity index (χ1v) is 10.2. The maximum Gasteiger partial charge on any atom is 0.416 e. The van der Waals surface area contributed by atoms with Crippen LogP contribution in [0.4, 0.5) is 13.2 Å². The lowest BCUT2D eigenvalue weighted by Gasteiger charge is -2.09. The van der Waals surface area contributed by atoms with Crippen LogP contribution in [-0.2, 0) is 6.18 Å². The summed E-state index contributed by atoms with van der Waals surface area (Å²) < 4.78 is 44.4. The van der Waals surface area contributed by atoms with Gasteiger partial charge >= 0.3 is 6.18 Å². The molecule has 3 aromatic carbocycles. The molecule has 0 unspecified atom stereocenters. The van der Waals surface area contributed by atoms with E-state index in [0.717, 1.165) is 12.1 Å². The smallest absolute Gasteiger partial charge is 0.416 e. The Kier molecular flexibility index (Phi) is 7.01. The zero-order chi connectivity index (χ0) is 22.6. The minimum atomic E-state index is -4.43. The van der Waals surface area contributed by atoms with Crippen molar-refractivity contribution in [3.8, 4) is 17.2 Å². The van der Waals surface area contributed by atoms with Crippen molar-refractivity contribution in [3.63, 3.8) is 0 Å². The lowest BCUT2D eigenvalue weighted by atomic mass is 10.2. The van der Waals surface area contributed by atoms with Crippen molar-refractivity contribution in [2.24, 2.45) is 5.10 Å². The van der Waals surface area contributed by atoms with Crippen LogP contribution in [-0.4, -0.2) is 17.2 Å². The van der Waals surface area contributed by atoms with E-state index in [2.05, 4.69) is 42.4 Å². The van der Waals surface area contributed by atoms with E-state index in [1.807, 2.05) is 0 Å². The largest absolute Gasteiger partial charge is 0.506 e. The van der Waals surface area contributed by atoms with Crippen LogP contribution >= 0.6 is 31.9 Å². The average Bonchev–Trinajstić information content (AvgIpc) is 2.72. The highest BCUT2D eigenvalue weighted by Gasteiger charge is 2.30. The normalized spacial score (nSPS) is 11.5.